The average Bonchev–Trinajstić information content (AvgIpc) is 2.24. The van der Waals surface area contributed by atoms with Crippen molar-refractivity contribution >= 4 is 0 Å². The van der Waals surface area contributed by atoms with Gasteiger partial charge < -0.3 is 9.57 Å². The maximum atomic E-state index is 5.35. The molecule has 0 aliphatic rings. The average molecular weight is 191 g/mol. The summed E-state index contributed by atoms with van der Waals surface area (Å²) in [6, 6.07) is 7.68. The van der Waals surface area contributed by atoms with Gasteiger partial charge in [0.15, 0.2) is 0 Å². The summed E-state index contributed by atoms with van der Waals surface area (Å²) < 4.78 is 5.35. The fraction of sp³-hybridized carbons (Fsp3) is 0.273. The summed E-state index contributed by atoms with van der Waals surface area (Å²) in [6.07, 6.45) is 5.11. The number of rotatable bonds is 5. The normalized spacial score (nSPS) is 9.43. The van der Waals surface area contributed by atoms with Crippen LogP contribution in [0.4, 0.5) is 0 Å². The molecule has 0 unspecified atom stereocenters. The second-order valence-corrected chi connectivity index (χ2v) is 2.63. The van der Waals surface area contributed by atoms with Crippen molar-refractivity contribution in [3.8, 4) is 18.1 Å². The van der Waals surface area contributed by atoms with E-state index in [0.29, 0.717) is 6.54 Å². The van der Waals surface area contributed by atoms with Gasteiger partial charge in [0.1, 0.15) is 12.4 Å². The number of terminal acetylenes is 1. The summed E-state index contributed by atoms with van der Waals surface area (Å²) in [7, 11) is 1.57. The first-order valence-electron chi connectivity index (χ1n) is 4.28. The molecule has 0 amide bonds. The lowest BCUT2D eigenvalue weighted by Gasteiger charge is -2.09. The van der Waals surface area contributed by atoms with E-state index in [1.54, 1.807) is 7.11 Å². The minimum Gasteiger partial charge on any atom is -0.481 e. The van der Waals surface area contributed by atoms with Crippen molar-refractivity contribution in [1.82, 2.24) is 5.48 Å². The van der Waals surface area contributed by atoms with Crippen LogP contribution in [0.1, 0.15) is 5.56 Å². The van der Waals surface area contributed by atoms with Crippen LogP contribution in [0.15, 0.2) is 24.3 Å². The summed E-state index contributed by atoms with van der Waals surface area (Å²) in [4.78, 5) is 4.76. The number of ether oxygens (including phenoxy) is 1. The van der Waals surface area contributed by atoms with Gasteiger partial charge in [0.25, 0.3) is 0 Å². The van der Waals surface area contributed by atoms with Crippen molar-refractivity contribution in [2.75, 3.05) is 13.7 Å². The largest absolute Gasteiger partial charge is 0.481 e. The first-order valence-corrected chi connectivity index (χ1v) is 4.28. The van der Waals surface area contributed by atoms with Crippen LogP contribution in [0.3, 0.4) is 0 Å². The van der Waals surface area contributed by atoms with Crippen LogP contribution in [0, 0.1) is 12.3 Å². The number of hydrogen-bond donors (Lipinski definition) is 1. The molecule has 1 aromatic rings. The van der Waals surface area contributed by atoms with E-state index < -0.39 is 0 Å². The third-order valence-electron chi connectivity index (χ3n) is 1.69. The second kappa shape index (κ2) is 6.03. The Morgan fingerprint density at radius 1 is 1.43 bits per heavy atom. The molecular weight excluding hydrogens is 178 g/mol. The van der Waals surface area contributed by atoms with Crippen molar-refractivity contribution in [3.63, 3.8) is 0 Å². The van der Waals surface area contributed by atoms with E-state index in [4.69, 9.17) is 16.0 Å². The summed E-state index contributed by atoms with van der Waals surface area (Å²) in [5.74, 6) is 3.21. The number of hydrogen-bond acceptors (Lipinski definition) is 3. The monoisotopic (exact) mass is 191 g/mol. The number of hydroxylamine groups is 1. The molecule has 0 aliphatic carbocycles. The minimum absolute atomic E-state index is 0.282. The molecule has 0 saturated heterocycles. The Hall–Kier alpha value is -1.50. The Labute approximate surface area is 84.0 Å². The molecule has 0 aliphatic heterocycles. The Bertz CT molecular complexity index is 317. The van der Waals surface area contributed by atoms with Crippen molar-refractivity contribution in [1.29, 1.82) is 0 Å². The molecule has 1 rings (SSSR count). The zero-order valence-electron chi connectivity index (χ0n) is 8.12. The Morgan fingerprint density at radius 3 is 2.93 bits per heavy atom. The van der Waals surface area contributed by atoms with Crippen LogP contribution in [0.25, 0.3) is 0 Å². The van der Waals surface area contributed by atoms with Crippen molar-refractivity contribution < 1.29 is 9.57 Å². The predicted molar refractivity (Wildman–Crippen MR) is 54.6 cm³/mol. The quantitative estimate of drug-likeness (QED) is 0.563. The highest BCUT2D eigenvalue weighted by molar-refractivity contribution is 5.33. The van der Waals surface area contributed by atoms with Gasteiger partial charge in [-0.15, -0.1) is 6.42 Å². The molecule has 0 atom stereocenters. The number of benzene rings is 1. The fourth-order valence-electron chi connectivity index (χ4n) is 1.06. The third-order valence-corrected chi connectivity index (χ3v) is 1.69. The molecule has 1 N–H and O–H groups in total. The first kappa shape index (κ1) is 10.6. The van der Waals surface area contributed by atoms with Crippen molar-refractivity contribution in [3.05, 3.63) is 29.8 Å². The number of para-hydroxylation sites is 1. The lowest BCUT2D eigenvalue weighted by atomic mass is 10.2. The van der Waals surface area contributed by atoms with E-state index in [-0.39, 0.29) is 6.61 Å². The summed E-state index contributed by atoms with van der Waals surface area (Å²) in [5.41, 5.74) is 3.77. The molecule has 0 bridgehead atoms. The Kier molecular flexibility index (Phi) is 4.56. The zero-order valence-corrected chi connectivity index (χ0v) is 8.12. The molecular formula is C11H13NO2. The standard InChI is InChI=1S/C11H13NO2/c1-3-8-14-11-7-5-4-6-10(11)9-12-13-2/h1,4-7,12H,8-9H2,2H3. The molecule has 14 heavy (non-hydrogen) atoms. The van der Waals surface area contributed by atoms with Gasteiger partial charge in [-0.3, -0.25) is 0 Å². The van der Waals surface area contributed by atoms with Gasteiger partial charge in [0.05, 0.1) is 7.11 Å². The fourth-order valence-corrected chi connectivity index (χ4v) is 1.06. The summed E-state index contributed by atoms with van der Waals surface area (Å²) >= 11 is 0. The Morgan fingerprint density at radius 2 is 2.21 bits per heavy atom. The molecule has 0 heterocycles. The maximum Gasteiger partial charge on any atom is 0.148 e. The molecule has 0 aromatic heterocycles. The minimum atomic E-state index is 0.282. The smallest absolute Gasteiger partial charge is 0.148 e. The predicted octanol–water partition coefficient (Wildman–Crippen LogP) is 1.35. The topological polar surface area (TPSA) is 30.5 Å². The first-order chi connectivity index (χ1) is 6.88. The highest BCUT2D eigenvalue weighted by atomic mass is 16.6. The second-order valence-electron chi connectivity index (χ2n) is 2.63. The van der Waals surface area contributed by atoms with E-state index >= 15 is 0 Å². The van der Waals surface area contributed by atoms with E-state index in [2.05, 4.69) is 11.4 Å². The van der Waals surface area contributed by atoms with E-state index in [0.717, 1.165) is 11.3 Å². The van der Waals surface area contributed by atoms with Gasteiger partial charge in [-0.1, -0.05) is 24.1 Å². The van der Waals surface area contributed by atoms with E-state index in [1.807, 2.05) is 24.3 Å². The highest BCUT2D eigenvalue weighted by Crippen LogP contribution is 2.17. The molecule has 0 spiro atoms. The molecule has 3 nitrogen and oxygen atoms in total. The van der Waals surface area contributed by atoms with Crippen LogP contribution in [-0.2, 0) is 11.4 Å². The van der Waals surface area contributed by atoms with Crippen LogP contribution in [-0.4, -0.2) is 13.7 Å². The molecule has 3 heteroatoms. The van der Waals surface area contributed by atoms with Crippen LogP contribution in [0.2, 0.25) is 0 Å². The van der Waals surface area contributed by atoms with E-state index in [9.17, 15) is 0 Å². The summed E-state index contributed by atoms with van der Waals surface area (Å²) in [5, 5.41) is 0. The lowest BCUT2D eigenvalue weighted by molar-refractivity contribution is 0.0860. The lowest BCUT2D eigenvalue weighted by Crippen LogP contribution is -2.12. The molecule has 74 valence electrons. The number of nitrogens with one attached hydrogen (secondary N) is 1. The van der Waals surface area contributed by atoms with Crippen LogP contribution < -0.4 is 10.2 Å². The third kappa shape index (κ3) is 3.09. The molecule has 0 fully saturated rings. The SMILES string of the molecule is C#CCOc1ccccc1CNOC. The zero-order chi connectivity index (χ0) is 10.2. The highest BCUT2D eigenvalue weighted by Gasteiger charge is 2.00. The van der Waals surface area contributed by atoms with Gasteiger partial charge in [0.2, 0.25) is 0 Å². The van der Waals surface area contributed by atoms with Gasteiger partial charge >= 0.3 is 0 Å². The molecule has 1 aromatic carbocycles. The van der Waals surface area contributed by atoms with Crippen LogP contribution in [0.5, 0.6) is 5.75 Å². The van der Waals surface area contributed by atoms with Gasteiger partial charge in [-0.05, 0) is 6.07 Å². The summed E-state index contributed by atoms with van der Waals surface area (Å²) in [6.45, 7) is 0.876. The molecule has 0 saturated carbocycles. The molecule has 0 radical (unpaired) electrons. The van der Waals surface area contributed by atoms with Gasteiger partial charge in [-0.25, -0.2) is 0 Å². The van der Waals surface area contributed by atoms with Crippen molar-refractivity contribution in [2.24, 2.45) is 0 Å². The Balaban J connectivity index is 2.65. The van der Waals surface area contributed by atoms with Gasteiger partial charge in [0, 0.05) is 12.1 Å². The van der Waals surface area contributed by atoms with Crippen molar-refractivity contribution in [2.45, 2.75) is 6.54 Å². The maximum absolute atomic E-state index is 5.35. The van der Waals surface area contributed by atoms with Crippen LogP contribution >= 0.6 is 0 Å². The van der Waals surface area contributed by atoms with E-state index in [1.165, 1.54) is 0 Å². The van der Waals surface area contributed by atoms with Gasteiger partial charge in [-0.2, -0.15) is 5.48 Å².